The minimum Gasteiger partial charge on any atom is -0.341 e. The summed E-state index contributed by atoms with van der Waals surface area (Å²) in [6, 6.07) is 10.1. The van der Waals surface area contributed by atoms with Crippen LogP contribution in [0.25, 0.3) is 0 Å². The zero-order chi connectivity index (χ0) is 18.5. The summed E-state index contributed by atoms with van der Waals surface area (Å²) in [5, 5.41) is 7.08. The zero-order valence-electron chi connectivity index (χ0n) is 15.9. The molecule has 1 atom stereocenters. The first kappa shape index (κ1) is 18.6. The summed E-state index contributed by atoms with van der Waals surface area (Å²) in [5.74, 6) is 0.747. The minimum absolute atomic E-state index is 0.0281. The molecule has 5 nitrogen and oxygen atoms in total. The summed E-state index contributed by atoms with van der Waals surface area (Å²) in [6.07, 6.45) is 5.76. The molecule has 0 spiro atoms. The number of likely N-dealkylation sites (tertiary alicyclic amines) is 1. The maximum absolute atomic E-state index is 12.8. The van der Waals surface area contributed by atoms with E-state index in [0.29, 0.717) is 0 Å². The van der Waals surface area contributed by atoms with Gasteiger partial charge in [-0.05, 0) is 57.4 Å². The SMILES string of the molecule is Cc1n[nH]c(C)c1[C@@H](N)C(=O)N1CCC(CCCc2ccccc2)CC1. The molecule has 3 N–H and O–H groups in total. The fourth-order valence-corrected chi connectivity index (χ4v) is 4.02. The predicted octanol–water partition coefficient (Wildman–Crippen LogP) is 3.29. The Bertz CT molecular complexity index is 697. The number of piperidine rings is 1. The van der Waals surface area contributed by atoms with Crippen molar-refractivity contribution >= 4 is 5.91 Å². The number of nitrogens with one attached hydrogen (secondary N) is 1. The van der Waals surface area contributed by atoms with E-state index in [-0.39, 0.29) is 5.91 Å². The summed E-state index contributed by atoms with van der Waals surface area (Å²) < 4.78 is 0. The highest BCUT2D eigenvalue weighted by atomic mass is 16.2. The highest BCUT2D eigenvalue weighted by Gasteiger charge is 2.29. The maximum atomic E-state index is 12.8. The second-order valence-electron chi connectivity index (χ2n) is 7.47. The van der Waals surface area contributed by atoms with Gasteiger partial charge in [-0.15, -0.1) is 0 Å². The van der Waals surface area contributed by atoms with Crippen LogP contribution in [0.15, 0.2) is 30.3 Å². The van der Waals surface area contributed by atoms with Crippen LogP contribution in [-0.4, -0.2) is 34.1 Å². The van der Waals surface area contributed by atoms with Gasteiger partial charge in [-0.2, -0.15) is 5.10 Å². The number of H-pyrrole nitrogens is 1. The Labute approximate surface area is 156 Å². The standard InChI is InChI=1S/C21H30N4O/c1-15-19(16(2)24-23-15)20(22)21(26)25-13-11-18(12-14-25)10-6-9-17-7-4-3-5-8-17/h3-5,7-8,18,20H,6,9-14,22H2,1-2H3,(H,23,24)/t20-/m1/s1. The fourth-order valence-electron chi connectivity index (χ4n) is 4.02. The van der Waals surface area contributed by atoms with Gasteiger partial charge in [0.25, 0.3) is 0 Å². The molecule has 26 heavy (non-hydrogen) atoms. The van der Waals surface area contributed by atoms with E-state index in [9.17, 15) is 4.79 Å². The van der Waals surface area contributed by atoms with Crippen LogP contribution in [0, 0.1) is 19.8 Å². The van der Waals surface area contributed by atoms with Gasteiger partial charge >= 0.3 is 0 Å². The number of aryl methyl sites for hydroxylation is 3. The first-order valence-electron chi connectivity index (χ1n) is 9.66. The lowest BCUT2D eigenvalue weighted by Crippen LogP contribution is -2.43. The number of carbonyl (C=O) groups excluding carboxylic acids is 1. The van der Waals surface area contributed by atoms with E-state index in [1.54, 1.807) is 0 Å². The van der Waals surface area contributed by atoms with Gasteiger partial charge in [0.05, 0.1) is 5.69 Å². The number of aromatic nitrogens is 2. The molecule has 3 rings (SSSR count). The van der Waals surface area contributed by atoms with E-state index in [1.165, 1.54) is 18.4 Å². The third kappa shape index (κ3) is 4.33. The van der Waals surface area contributed by atoms with Crippen LogP contribution >= 0.6 is 0 Å². The smallest absolute Gasteiger partial charge is 0.244 e. The molecule has 1 aliphatic rings. The van der Waals surface area contributed by atoms with Crippen molar-refractivity contribution in [1.29, 1.82) is 0 Å². The second kappa shape index (κ2) is 8.49. The van der Waals surface area contributed by atoms with E-state index in [0.717, 1.165) is 55.2 Å². The molecule has 2 heterocycles. The zero-order valence-corrected chi connectivity index (χ0v) is 15.9. The summed E-state index contributed by atoms with van der Waals surface area (Å²) in [5.41, 5.74) is 10.2. The van der Waals surface area contributed by atoms with Crippen LogP contribution < -0.4 is 5.73 Å². The average molecular weight is 354 g/mol. The second-order valence-corrected chi connectivity index (χ2v) is 7.47. The number of carbonyl (C=O) groups is 1. The molecule has 1 aliphatic heterocycles. The number of rotatable bonds is 6. The van der Waals surface area contributed by atoms with Crippen LogP contribution in [0.4, 0.5) is 0 Å². The number of nitrogens with zero attached hydrogens (tertiary/aromatic N) is 2. The molecule has 1 aromatic heterocycles. The average Bonchev–Trinajstić information content (AvgIpc) is 3.00. The van der Waals surface area contributed by atoms with E-state index in [1.807, 2.05) is 18.7 Å². The van der Waals surface area contributed by atoms with Crippen molar-refractivity contribution in [3.8, 4) is 0 Å². The van der Waals surface area contributed by atoms with Crippen LogP contribution in [0.5, 0.6) is 0 Å². The van der Waals surface area contributed by atoms with Crippen LogP contribution in [0.2, 0.25) is 0 Å². The van der Waals surface area contributed by atoms with Gasteiger partial charge in [0.1, 0.15) is 6.04 Å². The number of aromatic amines is 1. The Kier molecular flexibility index (Phi) is 6.09. The van der Waals surface area contributed by atoms with Gasteiger partial charge < -0.3 is 10.6 Å². The molecule has 2 aromatic rings. The van der Waals surface area contributed by atoms with E-state index in [2.05, 4.69) is 40.5 Å². The van der Waals surface area contributed by atoms with Crippen molar-refractivity contribution in [2.24, 2.45) is 11.7 Å². The Morgan fingerprint density at radius 2 is 1.96 bits per heavy atom. The van der Waals surface area contributed by atoms with Crippen molar-refractivity contribution in [3.05, 3.63) is 52.8 Å². The molecule has 1 aromatic carbocycles. The van der Waals surface area contributed by atoms with E-state index >= 15 is 0 Å². The summed E-state index contributed by atoms with van der Waals surface area (Å²) in [4.78, 5) is 14.7. The number of benzene rings is 1. The van der Waals surface area contributed by atoms with Crippen LogP contribution in [0.1, 0.15) is 54.2 Å². The predicted molar refractivity (Wildman–Crippen MR) is 104 cm³/mol. The van der Waals surface area contributed by atoms with Crippen LogP contribution in [-0.2, 0) is 11.2 Å². The third-order valence-corrected chi connectivity index (χ3v) is 5.61. The monoisotopic (exact) mass is 354 g/mol. The fraction of sp³-hybridized carbons (Fsp3) is 0.524. The van der Waals surface area contributed by atoms with Crippen LogP contribution in [0.3, 0.4) is 0 Å². The van der Waals surface area contributed by atoms with Crippen molar-refractivity contribution in [2.75, 3.05) is 13.1 Å². The lowest BCUT2D eigenvalue weighted by molar-refractivity contribution is -0.134. The number of hydrogen-bond donors (Lipinski definition) is 2. The lowest BCUT2D eigenvalue weighted by Gasteiger charge is -2.33. The van der Waals surface area contributed by atoms with Crippen molar-refractivity contribution in [1.82, 2.24) is 15.1 Å². The molecule has 140 valence electrons. The molecule has 5 heteroatoms. The summed E-state index contributed by atoms with van der Waals surface area (Å²) >= 11 is 0. The first-order valence-corrected chi connectivity index (χ1v) is 9.66. The molecular weight excluding hydrogens is 324 g/mol. The van der Waals surface area contributed by atoms with Crippen molar-refractivity contribution in [3.63, 3.8) is 0 Å². The molecule has 1 saturated heterocycles. The molecule has 1 fully saturated rings. The largest absolute Gasteiger partial charge is 0.341 e. The van der Waals surface area contributed by atoms with E-state index < -0.39 is 6.04 Å². The number of hydrogen-bond acceptors (Lipinski definition) is 3. The lowest BCUT2D eigenvalue weighted by atomic mass is 9.90. The van der Waals surface area contributed by atoms with Gasteiger partial charge in [-0.25, -0.2) is 0 Å². The topological polar surface area (TPSA) is 75.0 Å². The first-order chi connectivity index (χ1) is 12.6. The highest BCUT2D eigenvalue weighted by molar-refractivity contribution is 5.83. The van der Waals surface area contributed by atoms with Crippen molar-refractivity contribution in [2.45, 2.75) is 52.0 Å². The Balaban J connectivity index is 1.45. The van der Waals surface area contributed by atoms with Gasteiger partial charge in [0, 0.05) is 24.3 Å². The van der Waals surface area contributed by atoms with Gasteiger partial charge in [-0.1, -0.05) is 30.3 Å². The minimum atomic E-state index is -0.608. The normalized spacial score (nSPS) is 16.7. The molecule has 0 aliphatic carbocycles. The Hall–Kier alpha value is -2.14. The highest BCUT2D eigenvalue weighted by Crippen LogP contribution is 2.26. The maximum Gasteiger partial charge on any atom is 0.244 e. The Morgan fingerprint density at radius 3 is 2.58 bits per heavy atom. The summed E-state index contributed by atoms with van der Waals surface area (Å²) in [7, 11) is 0. The van der Waals surface area contributed by atoms with Gasteiger partial charge in [-0.3, -0.25) is 9.89 Å². The van der Waals surface area contributed by atoms with Crippen molar-refractivity contribution < 1.29 is 4.79 Å². The third-order valence-electron chi connectivity index (χ3n) is 5.61. The quantitative estimate of drug-likeness (QED) is 0.836. The molecular formula is C21H30N4O. The molecule has 1 amide bonds. The molecule has 0 saturated carbocycles. The number of nitrogens with two attached hydrogens (primary N) is 1. The molecule has 0 radical (unpaired) electrons. The summed E-state index contributed by atoms with van der Waals surface area (Å²) in [6.45, 7) is 5.45. The van der Waals surface area contributed by atoms with E-state index in [4.69, 9.17) is 5.73 Å². The Morgan fingerprint density at radius 1 is 1.27 bits per heavy atom. The number of amides is 1. The molecule has 0 bridgehead atoms. The van der Waals surface area contributed by atoms with Gasteiger partial charge in [0.2, 0.25) is 5.91 Å². The molecule has 0 unspecified atom stereocenters. The van der Waals surface area contributed by atoms with Gasteiger partial charge in [0.15, 0.2) is 0 Å².